The summed E-state index contributed by atoms with van der Waals surface area (Å²) in [6.07, 6.45) is 11.8. The third-order valence-corrected chi connectivity index (χ3v) is 13.8. The highest BCUT2D eigenvalue weighted by molar-refractivity contribution is 5.85. The Labute approximate surface area is 201 Å². The van der Waals surface area contributed by atoms with Crippen LogP contribution in [0, 0.1) is 50.2 Å². The SMILES string of the molecule is CC1(C)CC[C@@]23CC[C@]4(C)[C@@](CC[C@@H]5[C@@]6(C)CCC(=O)C(C)(C)[C@@H]6CC[C@]54C)(OC2=O)[C@@H]3C1. The largest absolute Gasteiger partial charge is 0.458 e. The van der Waals surface area contributed by atoms with Crippen LogP contribution in [0.1, 0.15) is 119 Å². The van der Waals surface area contributed by atoms with Crippen LogP contribution in [0.25, 0.3) is 0 Å². The summed E-state index contributed by atoms with van der Waals surface area (Å²) in [6.45, 7) is 16.9. The number of ether oxygens (including phenoxy) is 1. The van der Waals surface area contributed by atoms with Gasteiger partial charge < -0.3 is 4.74 Å². The van der Waals surface area contributed by atoms with Gasteiger partial charge in [-0.3, -0.25) is 9.59 Å². The van der Waals surface area contributed by atoms with Crippen LogP contribution in [0.3, 0.4) is 0 Å². The third kappa shape index (κ3) is 2.30. The van der Waals surface area contributed by atoms with Gasteiger partial charge in [-0.25, -0.2) is 0 Å². The van der Waals surface area contributed by atoms with E-state index in [9.17, 15) is 9.59 Å². The fourth-order valence-electron chi connectivity index (χ4n) is 11.7. The lowest BCUT2D eigenvalue weighted by molar-refractivity contribution is -0.278. The second-order valence-electron chi connectivity index (χ2n) is 15.4. The zero-order chi connectivity index (χ0) is 23.9. The average Bonchev–Trinajstić information content (AvgIpc) is 2.89. The standard InChI is InChI=1S/C30H46O3/c1-24(2)14-16-29-17-15-28(7)27(6)12-8-19-25(3,4)22(31)10-11-26(19,5)20(27)9-13-30(28,21(29)18-24)33-23(29)32/h19-21H,8-18H2,1-7H3/t19-,20+,21+,26-,27+,28-,29-,30-/m0/s1. The van der Waals surface area contributed by atoms with E-state index >= 15 is 0 Å². The van der Waals surface area contributed by atoms with Gasteiger partial charge in [-0.1, -0.05) is 48.5 Å². The highest BCUT2D eigenvalue weighted by Crippen LogP contribution is 2.80. The fourth-order valence-corrected chi connectivity index (χ4v) is 11.7. The Morgan fingerprint density at radius 1 is 0.727 bits per heavy atom. The van der Waals surface area contributed by atoms with Crippen molar-refractivity contribution in [2.75, 3.05) is 0 Å². The summed E-state index contributed by atoms with van der Waals surface area (Å²) in [6, 6.07) is 0. The highest BCUT2D eigenvalue weighted by atomic mass is 16.6. The van der Waals surface area contributed by atoms with Crippen molar-refractivity contribution in [2.24, 2.45) is 50.2 Å². The summed E-state index contributed by atoms with van der Waals surface area (Å²) < 4.78 is 6.76. The molecule has 5 aliphatic carbocycles. The maximum Gasteiger partial charge on any atom is 0.313 e. The van der Waals surface area contributed by atoms with Gasteiger partial charge in [0.05, 0.1) is 5.41 Å². The number of carbonyl (C=O) groups excluding carboxylic acids is 2. The van der Waals surface area contributed by atoms with E-state index in [0.717, 1.165) is 64.2 Å². The van der Waals surface area contributed by atoms with Crippen molar-refractivity contribution in [3.05, 3.63) is 0 Å². The number of Topliss-reactive ketones (excluding diaryl/α,β-unsaturated/α-hetero) is 1. The van der Waals surface area contributed by atoms with Crippen LogP contribution < -0.4 is 0 Å². The summed E-state index contributed by atoms with van der Waals surface area (Å²) in [5.41, 5.74) is -0.0193. The topological polar surface area (TPSA) is 43.4 Å². The van der Waals surface area contributed by atoms with E-state index in [0.29, 0.717) is 29.0 Å². The molecule has 6 aliphatic rings. The number of esters is 1. The first kappa shape index (κ1) is 22.6. The molecule has 2 bridgehead atoms. The number of fused-ring (bicyclic) bond motifs is 4. The van der Waals surface area contributed by atoms with Crippen molar-refractivity contribution in [1.29, 1.82) is 0 Å². The molecule has 1 spiro atoms. The lowest BCUT2D eigenvalue weighted by Gasteiger charge is -2.73. The van der Waals surface area contributed by atoms with Crippen LogP contribution in [0.2, 0.25) is 0 Å². The Hall–Kier alpha value is -0.860. The second kappa shape index (κ2) is 6.09. The lowest BCUT2D eigenvalue weighted by Crippen LogP contribution is -2.71. The molecule has 6 rings (SSSR count). The van der Waals surface area contributed by atoms with Crippen LogP contribution in [0.15, 0.2) is 0 Å². The van der Waals surface area contributed by atoms with Gasteiger partial charge in [0, 0.05) is 23.2 Å². The summed E-state index contributed by atoms with van der Waals surface area (Å²) in [5.74, 6) is 2.09. The molecule has 33 heavy (non-hydrogen) atoms. The third-order valence-electron chi connectivity index (χ3n) is 13.8. The van der Waals surface area contributed by atoms with E-state index in [4.69, 9.17) is 4.74 Å². The number of carbonyl (C=O) groups is 2. The van der Waals surface area contributed by atoms with Crippen molar-refractivity contribution in [1.82, 2.24) is 0 Å². The number of hydrogen-bond donors (Lipinski definition) is 0. The molecule has 184 valence electrons. The molecule has 0 amide bonds. The molecular weight excluding hydrogens is 408 g/mol. The molecule has 5 saturated carbocycles. The smallest absolute Gasteiger partial charge is 0.313 e. The average molecular weight is 455 g/mol. The van der Waals surface area contributed by atoms with Gasteiger partial charge in [0.15, 0.2) is 0 Å². The second-order valence-corrected chi connectivity index (χ2v) is 15.4. The van der Waals surface area contributed by atoms with Crippen molar-refractivity contribution < 1.29 is 14.3 Å². The fraction of sp³-hybridized carbons (Fsp3) is 0.933. The maximum atomic E-state index is 13.6. The molecule has 0 aromatic heterocycles. The van der Waals surface area contributed by atoms with E-state index in [-0.39, 0.29) is 38.6 Å². The van der Waals surface area contributed by atoms with Gasteiger partial charge in [-0.2, -0.15) is 0 Å². The summed E-state index contributed by atoms with van der Waals surface area (Å²) in [5, 5.41) is 0. The Balaban J connectivity index is 1.46. The first-order chi connectivity index (χ1) is 15.2. The van der Waals surface area contributed by atoms with Crippen LogP contribution in [-0.2, 0) is 14.3 Å². The van der Waals surface area contributed by atoms with E-state index in [1.165, 1.54) is 6.42 Å². The Kier molecular flexibility index (Phi) is 4.17. The summed E-state index contributed by atoms with van der Waals surface area (Å²) in [7, 11) is 0. The van der Waals surface area contributed by atoms with E-state index in [2.05, 4.69) is 48.5 Å². The lowest BCUT2D eigenvalue weighted by atomic mass is 9.31. The molecule has 1 aliphatic heterocycles. The minimum absolute atomic E-state index is 0.0240. The van der Waals surface area contributed by atoms with Crippen LogP contribution in [-0.4, -0.2) is 17.4 Å². The summed E-state index contributed by atoms with van der Waals surface area (Å²) >= 11 is 0. The molecule has 6 fully saturated rings. The quantitative estimate of drug-likeness (QED) is 0.366. The van der Waals surface area contributed by atoms with Gasteiger partial charge in [0.1, 0.15) is 11.4 Å². The predicted molar refractivity (Wildman–Crippen MR) is 129 cm³/mol. The van der Waals surface area contributed by atoms with Gasteiger partial charge >= 0.3 is 5.97 Å². The zero-order valence-corrected chi connectivity index (χ0v) is 22.2. The van der Waals surface area contributed by atoms with Crippen LogP contribution in [0.5, 0.6) is 0 Å². The normalized spacial score (nSPS) is 56.2. The first-order valence-electron chi connectivity index (χ1n) is 14.0. The Morgan fingerprint density at radius 2 is 1.39 bits per heavy atom. The minimum atomic E-state index is -0.283. The predicted octanol–water partition coefficient (Wildman–Crippen LogP) is 7.12. The van der Waals surface area contributed by atoms with E-state index < -0.39 is 0 Å². The molecule has 1 heterocycles. The van der Waals surface area contributed by atoms with Crippen LogP contribution >= 0.6 is 0 Å². The molecule has 0 unspecified atom stereocenters. The highest BCUT2D eigenvalue weighted by Gasteiger charge is 2.80. The molecule has 0 N–H and O–H groups in total. The minimum Gasteiger partial charge on any atom is -0.458 e. The first-order valence-corrected chi connectivity index (χ1v) is 14.0. The molecule has 8 atom stereocenters. The zero-order valence-electron chi connectivity index (χ0n) is 22.2. The Morgan fingerprint density at radius 3 is 2.12 bits per heavy atom. The van der Waals surface area contributed by atoms with Gasteiger partial charge in [-0.15, -0.1) is 0 Å². The molecule has 3 nitrogen and oxygen atoms in total. The number of hydrogen-bond acceptors (Lipinski definition) is 3. The molecular formula is C30H46O3. The molecule has 0 aromatic rings. The van der Waals surface area contributed by atoms with Crippen molar-refractivity contribution in [3.8, 4) is 0 Å². The summed E-state index contributed by atoms with van der Waals surface area (Å²) in [4.78, 5) is 26.6. The van der Waals surface area contributed by atoms with Gasteiger partial charge in [0.2, 0.25) is 0 Å². The maximum absolute atomic E-state index is 13.6. The monoisotopic (exact) mass is 454 g/mol. The van der Waals surface area contributed by atoms with Crippen LogP contribution in [0.4, 0.5) is 0 Å². The van der Waals surface area contributed by atoms with E-state index in [1.54, 1.807) is 0 Å². The molecule has 3 heteroatoms. The van der Waals surface area contributed by atoms with Gasteiger partial charge in [-0.05, 0) is 92.3 Å². The van der Waals surface area contributed by atoms with Gasteiger partial charge in [0.25, 0.3) is 0 Å². The molecule has 1 saturated heterocycles. The van der Waals surface area contributed by atoms with Crippen molar-refractivity contribution in [3.63, 3.8) is 0 Å². The molecule has 0 radical (unpaired) electrons. The van der Waals surface area contributed by atoms with Crippen molar-refractivity contribution in [2.45, 2.75) is 125 Å². The number of ketones is 1. The van der Waals surface area contributed by atoms with Crippen molar-refractivity contribution >= 4 is 11.8 Å². The molecule has 0 aromatic carbocycles. The number of rotatable bonds is 0. The Bertz CT molecular complexity index is 933. The van der Waals surface area contributed by atoms with E-state index in [1.807, 2.05) is 0 Å².